The topological polar surface area (TPSA) is 51.1 Å². The van der Waals surface area contributed by atoms with Crippen molar-refractivity contribution in [2.45, 2.75) is 57.5 Å². The van der Waals surface area contributed by atoms with E-state index in [1.807, 2.05) is 0 Å². The summed E-state index contributed by atoms with van der Waals surface area (Å²) in [6.45, 7) is 0.209. The summed E-state index contributed by atoms with van der Waals surface area (Å²) in [5.41, 5.74) is 1.12. The summed E-state index contributed by atoms with van der Waals surface area (Å²) in [5.74, 6) is -0.00977. The molecule has 0 bridgehead atoms. The Bertz CT molecular complexity index is 514. The number of thiazole rings is 1. The molecule has 1 aromatic rings. The van der Waals surface area contributed by atoms with E-state index in [0.29, 0.717) is 6.04 Å². The molecule has 3 rings (SSSR count). The van der Waals surface area contributed by atoms with Crippen LogP contribution in [-0.2, 0) is 24.2 Å². The maximum Gasteiger partial charge on any atom is 0.308 e. The molecule has 1 heterocycles. The van der Waals surface area contributed by atoms with Crippen LogP contribution in [0.4, 0.5) is 0 Å². The van der Waals surface area contributed by atoms with E-state index in [9.17, 15) is 9.59 Å². The maximum absolute atomic E-state index is 12.0. The van der Waals surface area contributed by atoms with Crippen LogP contribution in [0.15, 0.2) is 4.79 Å². The zero-order valence-corrected chi connectivity index (χ0v) is 11.2. The second-order valence-corrected chi connectivity index (χ2v) is 6.27. The highest BCUT2D eigenvalue weighted by molar-refractivity contribution is 7.09. The second-order valence-electron chi connectivity index (χ2n) is 5.23. The molecular weight excluding hydrogens is 248 g/mol. The summed E-state index contributed by atoms with van der Waals surface area (Å²) in [6, 6.07) is 0.366. The lowest BCUT2D eigenvalue weighted by atomic mass is 10.2. The van der Waals surface area contributed by atoms with Gasteiger partial charge in [-0.3, -0.25) is 14.2 Å². The summed E-state index contributed by atoms with van der Waals surface area (Å²) in [7, 11) is 0. The molecule has 0 aromatic carbocycles. The third-order valence-corrected chi connectivity index (χ3v) is 4.72. The van der Waals surface area contributed by atoms with E-state index in [0.717, 1.165) is 37.8 Å². The Morgan fingerprint density at radius 3 is 2.83 bits per heavy atom. The lowest BCUT2D eigenvalue weighted by molar-refractivity contribution is -0.121. The van der Waals surface area contributed by atoms with Crippen LogP contribution in [0.5, 0.6) is 0 Å². The fraction of sp³-hybridized carbons (Fsp3) is 0.692. The molecule has 5 heteroatoms. The van der Waals surface area contributed by atoms with E-state index in [2.05, 4.69) is 5.32 Å². The van der Waals surface area contributed by atoms with Gasteiger partial charge >= 0.3 is 4.87 Å². The van der Waals surface area contributed by atoms with E-state index in [1.54, 1.807) is 4.57 Å². The highest BCUT2D eigenvalue weighted by Crippen LogP contribution is 2.23. The van der Waals surface area contributed by atoms with Crippen molar-refractivity contribution < 1.29 is 4.79 Å². The summed E-state index contributed by atoms with van der Waals surface area (Å²) < 4.78 is 1.70. The Balaban J connectivity index is 1.79. The molecule has 2 aliphatic carbocycles. The number of carbonyl (C=O) groups is 1. The molecule has 4 nitrogen and oxygen atoms in total. The molecule has 0 saturated heterocycles. The first kappa shape index (κ1) is 12.0. The lowest BCUT2D eigenvalue weighted by Crippen LogP contribution is -2.32. The number of aromatic nitrogens is 1. The molecule has 1 N–H and O–H groups in total. The molecule has 2 aliphatic rings. The van der Waals surface area contributed by atoms with E-state index in [1.165, 1.54) is 29.1 Å². The van der Waals surface area contributed by atoms with Crippen LogP contribution in [0.25, 0.3) is 0 Å². The van der Waals surface area contributed by atoms with Crippen molar-refractivity contribution >= 4 is 17.2 Å². The van der Waals surface area contributed by atoms with Gasteiger partial charge in [-0.15, -0.1) is 0 Å². The van der Waals surface area contributed by atoms with Gasteiger partial charge in [-0.25, -0.2) is 0 Å². The molecule has 0 atom stereocenters. The Morgan fingerprint density at radius 2 is 2.06 bits per heavy atom. The molecular formula is C13H18N2O2S. The number of rotatable bonds is 3. The number of hydrogen-bond donors (Lipinski definition) is 1. The van der Waals surface area contributed by atoms with Crippen molar-refractivity contribution in [1.29, 1.82) is 0 Å². The number of nitrogens with zero attached hydrogens (tertiary/aromatic N) is 1. The van der Waals surface area contributed by atoms with Gasteiger partial charge in [0, 0.05) is 16.6 Å². The highest BCUT2D eigenvalue weighted by Gasteiger charge is 2.24. The second kappa shape index (κ2) is 4.88. The Hall–Kier alpha value is -1.10. The first-order valence-corrected chi connectivity index (χ1v) is 7.56. The predicted molar refractivity (Wildman–Crippen MR) is 71.0 cm³/mol. The van der Waals surface area contributed by atoms with E-state index in [4.69, 9.17) is 0 Å². The minimum absolute atomic E-state index is 0.00977. The fourth-order valence-corrected chi connectivity index (χ4v) is 3.58. The predicted octanol–water partition coefficient (Wildman–Crippen LogP) is 1.46. The van der Waals surface area contributed by atoms with Crippen LogP contribution in [0, 0.1) is 0 Å². The van der Waals surface area contributed by atoms with E-state index >= 15 is 0 Å². The first-order valence-electron chi connectivity index (χ1n) is 6.75. The summed E-state index contributed by atoms with van der Waals surface area (Å²) in [4.78, 5) is 25.0. The number of fused-ring (bicyclic) bond motifs is 1. The van der Waals surface area contributed by atoms with Crippen LogP contribution in [0.2, 0.25) is 0 Å². The SMILES string of the molecule is O=C(Cn1c2c(sc1=O)CCCCC2)NC1CC1. The first-order chi connectivity index (χ1) is 8.74. The molecule has 1 amide bonds. The number of aryl methyl sites for hydroxylation is 1. The van der Waals surface area contributed by atoms with Gasteiger partial charge < -0.3 is 5.32 Å². The largest absolute Gasteiger partial charge is 0.352 e. The van der Waals surface area contributed by atoms with Crippen LogP contribution >= 0.6 is 11.3 Å². The van der Waals surface area contributed by atoms with Crippen LogP contribution < -0.4 is 10.2 Å². The Labute approximate surface area is 110 Å². The van der Waals surface area contributed by atoms with Gasteiger partial charge in [0.15, 0.2) is 0 Å². The van der Waals surface area contributed by atoms with Crippen LogP contribution in [0.3, 0.4) is 0 Å². The summed E-state index contributed by atoms with van der Waals surface area (Å²) in [5, 5.41) is 2.95. The average Bonchev–Trinajstić information content (AvgIpc) is 3.11. The van der Waals surface area contributed by atoms with Gasteiger partial charge in [0.25, 0.3) is 0 Å². The van der Waals surface area contributed by atoms with E-state index < -0.39 is 0 Å². The Kier molecular flexibility index (Phi) is 3.24. The smallest absolute Gasteiger partial charge is 0.308 e. The number of nitrogens with one attached hydrogen (secondary N) is 1. The summed E-state index contributed by atoms with van der Waals surface area (Å²) >= 11 is 1.33. The van der Waals surface area contributed by atoms with Crippen molar-refractivity contribution in [3.8, 4) is 0 Å². The molecule has 0 radical (unpaired) electrons. The van der Waals surface area contributed by atoms with Crippen molar-refractivity contribution in [1.82, 2.24) is 9.88 Å². The summed E-state index contributed by atoms with van der Waals surface area (Å²) in [6.07, 6.45) is 7.65. The third-order valence-electron chi connectivity index (χ3n) is 3.64. The molecule has 0 aliphatic heterocycles. The lowest BCUT2D eigenvalue weighted by Gasteiger charge is -2.08. The van der Waals surface area contributed by atoms with Gasteiger partial charge in [-0.05, 0) is 38.5 Å². The molecule has 98 valence electrons. The highest BCUT2D eigenvalue weighted by atomic mass is 32.1. The third kappa shape index (κ3) is 2.51. The monoisotopic (exact) mass is 266 g/mol. The van der Waals surface area contributed by atoms with Gasteiger partial charge in [-0.2, -0.15) is 0 Å². The zero-order valence-electron chi connectivity index (χ0n) is 10.4. The minimum atomic E-state index is -0.00977. The van der Waals surface area contributed by atoms with Crippen molar-refractivity contribution in [2.75, 3.05) is 0 Å². The van der Waals surface area contributed by atoms with Crippen molar-refractivity contribution in [3.63, 3.8) is 0 Å². The molecule has 0 unspecified atom stereocenters. The average molecular weight is 266 g/mol. The number of amides is 1. The fourth-order valence-electron chi connectivity index (χ4n) is 2.51. The standard InChI is InChI=1S/C13H18N2O2S/c16-12(14-9-6-7-9)8-15-10-4-2-1-3-5-11(10)18-13(15)17/h9H,1-8H2,(H,14,16). The van der Waals surface area contributed by atoms with Crippen molar-refractivity contribution in [2.24, 2.45) is 0 Å². The molecule has 18 heavy (non-hydrogen) atoms. The van der Waals surface area contributed by atoms with Gasteiger partial charge in [0.05, 0.1) is 0 Å². The van der Waals surface area contributed by atoms with Gasteiger partial charge in [0.1, 0.15) is 6.54 Å². The molecule has 1 saturated carbocycles. The Morgan fingerprint density at radius 1 is 1.28 bits per heavy atom. The number of hydrogen-bond acceptors (Lipinski definition) is 3. The normalized spacial score (nSPS) is 19.1. The maximum atomic E-state index is 12.0. The zero-order chi connectivity index (χ0) is 12.5. The quantitative estimate of drug-likeness (QED) is 0.842. The molecule has 0 spiro atoms. The van der Waals surface area contributed by atoms with Crippen LogP contribution in [-0.4, -0.2) is 16.5 Å². The number of carbonyl (C=O) groups excluding carboxylic acids is 1. The van der Waals surface area contributed by atoms with E-state index in [-0.39, 0.29) is 17.3 Å². The van der Waals surface area contributed by atoms with Crippen LogP contribution in [0.1, 0.15) is 42.7 Å². The molecule has 1 fully saturated rings. The van der Waals surface area contributed by atoms with Gasteiger partial charge in [-0.1, -0.05) is 17.8 Å². The minimum Gasteiger partial charge on any atom is -0.352 e. The van der Waals surface area contributed by atoms with Gasteiger partial charge in [0.2, 0.25) is 5.91 Å². The van der Waals surface area contributed by atoms with Crippen molar-refractivity contribution in [3.05, 3.63) is 20.2 Å². The molecule has 1 aromatic heterocycles.